The van der Waals surface area contributed by atoms with Crippen molar-refractivity contribution in [1.82, 2.24) is 19.7 Å². The van der Waals surface area contributed by atoms with Gasteiger partial charge in [-0.05, 0) is 30.5 Å². The van der Waals surface area contributed by atoms with Crippen LogP contribution in [0.25, 0.3) is 5.69 Å². The molecule has 0 spiro atoms. The fraction of sp³-hybridized carbons (Fsp3) is 0.286. The maximum atomic E-state index is 12.8. The Morgan fingerprint density at radius 1 is 1.00 bits per heavy atom. The number of amides is 1. The Labute approximate surface area is 158 Å². The Balaban J connectivity index is 1.47. The van der Waals surface area contributed by atoms with Crippen LogP contribution in [0.1, 0.15) is 29.0 Å². The maximum Gasteiger partial charge on any atom is 0.293 e. The quantitative estimate of drug-likeness (QED) is 0.774. The van der Waals surface area contributed by atoms with Crippen LogP contribution in [0.4, 0.5) is 0 Å². The van der Waals surface area contributed by atoms with Crippen LogP contribution in [0.15, 0.2) is 67.0 Å². The van der Waals surface area contributed by atoms with Gasteiger partial charge < -0.3 is 10.6 Å². The van der Waals surface area contributed by atoms with E-state index in [1.807, 2.05) is 53.4 Å². The molecule has 4 rings (SSSR count). The third-order valence-corrected chi connectivity index (χ3v) is 5.49. The third kappa shape index (κ3) is 3.36. The zero-order chi connectivity index (χ0) is 18.7. The molecule has 6 heteroatoms. The molecule has 1 aliphatic rings. The van der Waals surface area contributed by atoms with Gasteiger partial charge in [-0.1, -0.05) is 48.5 Å². The van der Waals surface area contributed by atoms with E-state index in [0.29, 0.717) is 19.6 Å². The molecule has 138 valence electrons. The van der Waals surface area contributed by atoms with E-state index in [1.165, 1.54) is 5.56 Å². The number of aromatic nitrogens is 3. The Hall–Kier alpha value is -2.99. The molecule has 0 saturated carbocycles. The number of carbonyl (C=O) groups is 1. The number of nitrogens with two attached hydrogens (primary N) is 1. The van der Waals surface area contributed by atoms with E-state index >= 15 is 0 Å². The van der Waals surface area contributed by atoms with Crippen LogP contribution in [0.5, 0.6) is 0 Å². The van der Waals surface area contributed by atoms with Crippen molar-refractivity contribution in [3.05, 3.63) is 78.4 Å². The van der Waals surface area contributed by atoms with E-state index in [2.05, 4.69) is 22.2 Å². The summed E-state index contributed by atoms with van der Waals surface area (Å²) in [7, 11) is 0. The predicted molar refractivity (Wildman–Crippen MR) is 104 cm³/mol. The second kappa shape index (κ2) is 7.32. The van der Waals surface area contributed by atoms with Gasteiger partial charge in [0.2, 0.25) is 5.82 Å². The molecule has 0 bridgehead atoms. The molecule has 2 aromatic carbocycles. The van der Waals surface area contributed by atoms with E-state index < -0.39 is 0 Å². The lowest BCUT2D eigenvalue weighted by molar-refractivity contribution is 0.0657. The van der Waals surface area contributed by atoms with Crippen molar-refractivity contribution in [2.45, 2.75) is 18.3 Å². The van der Waals surface area contributed by atoms with Crippen LogP contribution < -0.4 is 5.73 Å². The number of piperidine rings is 1. The summed E-state index contributed by atoms with van der Waals surface area (Å²) < 4.78 is 1.63. The van der Waals surface area contributed by atoms with Gasteiger partial charge in [0.1, 0.15) is 6.33 Å². The van der Waals surface area contributed by atoms with Gasteiger partial charge in [0.15, 0.2) is 0 Å². The summed E-state index contributed by atoms with van der Waals surface area (Å²) in [4.78, 5) is 18.9. The predicted octanol–water partition coefficient (Wildman–Crippen LogP) is 2.40. The highest BCUT2D eigenvalue weighted by molar-refractivity contribution is 5.90. The third-order valence-electron chi connectivity index (χ3n) is 5.49. The minimum atomic E-state index is -0.122. The van der Waals surface area contributed by atoms with Gasteiger partial charge in [0.05, 0.1) is 5.69 Å². The van der Waals surface area contributed by atoms with Gasteiger partial charge in [0.25, 0.3) is 5.91 Å². The first-order valence-electron chi connectivity index (χ1n) is 9.24. The molecule has 1 aliphatic heterocycles. The lowest BCUT2D eigenvalue weighted by atomic mass is 9.73. The number of hydrogen-bond donors (Lipinski definition) is 1. The van der Waals surface area contributed by atoms with E-state index in [1.54, 1.807) is 11.0 Å². The summed E-state index contributed by atoms with van der Waals surface area (Å²) in [5, 5.41) is 4.36. The zero-order valence-corrected chi connectivity index (χ0v) is 15.2. The SMILES string of the molecule is NCC1(c2ccccc2)CCN(C(=O)c2ncn(-c3ccccc3)n2)CC1. The Bertz CT molecular complexity index is 899. The second-order valence-electron chi connectivity index (χ2n) is 6.99. The molecule has 6 nitrogen and oxygen atoms in total. The summed E-state index contributed by atoms with van der Waals surface area (Å²) >= 11 is 0. The van der Waals surface area contributed by atoms with Gasteiger partial charge in [-0.3, -0.25) is 4.79 Å². The van der Waals surface area contributed by atoms with Crippen LogP contribution in [-0.2, 0) is 5.41 Å². The highest BCUT2D eigenvalue weighted by Gasteiger charge is 2.37. The first kappa shape index (κ1) is 17.4. The van der Waals surface area contributed by atoms with Crippen LogP contribution in [0, 0.1) is 0 Å². The van der Waals surface area contributed by atoms with E-state index in [-0.39, 0.29) is 17.1 Å². The molecule has 1 saturated heterocycles. The van der Waals surface area contributed by atoms with Crippen molar-refractivity contribution >= 4 is 5.91 Å². The summed E-state index contributed by atoms with van der Waals surface area (Å²) in [5.74, 6) is 0.113. The number of nitrogens with zero attached hydrogens (tertiary/aromatic N) is 4. The summed E-state index contributed by atoms with van der Waals surface area (Å²) in [5.41, 5.74) is 8.22. The standard InChI is InChI=1S/C21H23N5O/c22-15-21(17-7-3-1-4-8-17)11-13-25(14-12-21)20(27)19-23-16-26(24-19)18-9-5-2-6-10-18/h1-10,16H,11-15,22H2. The van der Waals surface area contributed by atoms with Crippen molar-refractivity contribution in [3.8, 4) is 5.69 Å². The van der Waals surface area contributed by atoms with Gasteiger partial charge in [-0.25, -0.2) is 9.67 Å². The lowest BCUT2D eigenvalue weighted by Crippen LogP contribution is -2.48. The fourth-order valence-electron chi connectivity index (χ4n) is 3.75. The molecule has 1 amide bonds. The van der Waals surface area contributed by atoms with Crippen molar-refractivity contribution < 1.29 is 4.79 Å². The van der Waals surface area contributed by atoms with Gasteiger partial charge >= 0.3 is 0 Å². The summed E-state index contributed by atoms with van der Waals surface area (Å²) in [6.45, 7) is 1.90. The van der Waals surface area contributed by atoms with Crippen LogP contribution in [0.3, 0.4) is 0 Å². The highest BCUT2D eigenvalue weighted by Crippen LogP contribution is 2.34. The molecule has 0 unspecified atom stereocenters. The smallest absolute Gasteiger partial charge is 0.293 e. The number of likely N-dealkylation sites (tertiary alicyclic amines) is 1. The normalized spacial score (nSPS) is 16.3. The van der Waals surface area contributed by atoms with Crippen LogP contribution in [0.2, 0.25) is 0 Å². The number of benzene rings is 2. The first-order chi connectivity index (χ1) is 13.2. The molecule has 0 radical (unpaired) electrons. The maximum absolute atomic E-state index is 12.8. The Morgan fingerprint density at radius 2 is 1.63 bits per heavy atom. The minimum Gasteiger partial charge on any atom is -0.336 e. The molecular weight excluding hydrogens is 338 g/mol. The van der Waals surface area contributed by atoms with Crippen molar-refractivity contribution in [1.29, 1.82) is 0 Å². The summed E-state index contributed by atoms with van der Waals surface area (Å²) in [6, 6.07) is 20.0. The first-order valence-corrected chi connectivity index (χ1v) is 9.24. The van der Waals surface area contributed by atoms with E-state index in [9.17, 15) is 4.79 Å². The van der Waals surface area contributed by atoms with Crippen molar-refractivity contribution in [3.63, 3.8) is 0 Å². The lowest BCUT2D eigenvalue weighted by Gasteiger charge is -2.41. The van der Waals surface area contributed by atoms with Crippen molar-refractivity contribution in [2.75, 3.05) is 19.6 Å². The highest BCUT2D eigenvalue weighted by atomic mass is 16.2. The van der Waals surface area contributed by atoms with Gasteiger partial charge in [-0.2, -0.15) is 0 Å². The summed E-state index contributed by atoms with van der Waals surface area (Å²) in [6.07, 6.45) is 3.28. The number of para-hydroxylation sites is 1. The number of rotatable bonds is 4. The number of carbonyl (C=O) groups excluding carboxylic acids is 1. The average molecular weight is 361 g/mol. The van der Waals surface area contributed by atoms with E-state index in [0.717, 1.165) is 18.5 Å². The molecule has 1 fully saturated rings. The Morgan fingerprint density at radius 3 is 2.26 bits per heavy atom. The average Bonchev–Trinajstić information content (AvgIpc) is 3.25. The topological polar surface area (TPSA) is 77.0 Å². The zero-order valence-electron chi connectivity index (χ0n) is 15.2. The van der Waals surface area contributed by atoms with Crippen LogP contribution in [-0.4, -0.2) is 45.2 Å². The largest absolute Gasteiger partial charge is 0.336 e. The second-order valence-corrected chi connectivity index (χ2v) is 6.99. The minimum absolute atomic E-state index is 0.0606. The molecule has 0 aliphatic carbocycles. The van der Waals surface area contributed by atoms with Gasteiger partial charge in [-0.15, -0.1) is 5.10 Å². The molecular formula is C21H23N5O. The van der Waals surface area contributed by atoms with Crippen molar-refractivity contribution in [2.24, 2.45) is 5.73 Å². The van der Waals surface area contributed by atoms with Crippen LogP contribution >= 0.6 is 0 Å². The van der Waals surface area contributed by atoms with Gasteiger partial charge in [0, 0.05) is 25.0 Å². The molecule has 1 aromatic heterocycles. The Kier molecular flexibility index (Phi) is 4.73. The molecule has 27 heavy (non-hydrogen) atoms. The molecule has 0 atom stereocenters. The molecule has 2 heterocycles. The fourth-order valence-corrected chi connectivity index (χ4v) is 3.75. The molecule has 2 N–H and O–H groups in total. The molecule has 3 aromatic rings. The monoisotopic (exact) mass is 361 g/mol. The number of hydrogen-bond acceptors (Lipinski definition) is 4. The van der Waals surface area contributed by atoms with E-state index in [4.69, 9.17) is 5.73 Å².